The summed E-state index contributed by atoms with van der Waals surface area (Å²) in [6, 6.07) is 22.5. The van der Waals surface area contributed by atoms with Crippen LogP contribution in [0.15, 0.2) is 66.7 Å². The third-order valence-corrected chi connectivity index (χ3v) is 5.40. The first-order valence-corrected chi connectivity index (χ1v) is 10.7. The van der Waals surface area contributed by atoms with Gasteiger partial charge in [-0.25, -0.2) is 0 Å². The molecular formula is C25H22Cl2N2O2. The lowest BCUT2D eigenvalue weighted by Gasteiger charge is -2.16. The number of amides is 1. The van der Waals surface area contributed by atoms with Crippen molar-refractivity contribution in [3.63, 3.8) is 0 Å². The van der Waals surface area contributed by atoms with E-state index >= 15 is 0 Å². The highest BCUT2D eigenvalue weighted by Gasteiger charge is 2.19. The van der Waals surface area contributed by atoms with Gasteiger partial charge in [0.15, 0.2) is 0 Å². The van der Waals surface area contributed by atoms with Gasteiger partial charge < -0.3 is 10.1 Å². The van der Waals surface area contributed by atoms with Gasteiger partial charge in [0.25, 0.3) is 0 Å². The molecule has 1 N–H and O–H groups in total. The molecule has 1 amide bonds. The largest absolute Gasteiger partial charge is 0.494 e. The first-order valence-electron chi connectivity index (χ1n) is 9.90. The Balaban J connectivity index is 1.62. The van der Waals surface area contributed by atoms with Crippen LogP contribution < -0.4 is 10.1 Å². The van der Waals surface area contributed by atoms with Crippen molar-refractivity contribution in [2.75, 3.05) is 11.9 Å². The van der Waals surface area contributed by atoms with Gasteiger partial charge in [0.1, 0.15) is 5.75 Å². The molecule has 0 radical (unpaired) electrons. The van der Waals surface area contributed by atoms with Crippen LogP contribution in [0.25, 0.3) is 0 Å². The number of hydrogen-bond acceptors (Lipinski definition) is 3. The molecule has 3 aromatic carbocycles. The van der Waals surface area contributed by atoms with Gasteiger partial charge in [-0.1, -0.05) is 59.6 Å². The molecule has 0 aliphatic carbocycles. The van der Waals surface area contributed by atoms with Crippen molar-refractivity contribution >= 4 is 34.8 Å². The molecule has 1 atom stereocenters. The summed E-state index contributed by atoms with van der Waals surface area (Å²) in [5.74, 6) is 0.148. The van der Waals surface area contributed by atoms with Crippen molar-refractivity contribution < 1.29 is 9.53 Å². The van der Waals surface area contributed by atoms with E-state index in [2.05, 4.69) is 11.4 Å². The van der Waals surface area contributed by atoms with Crippen LogP contribution in [-0.2, 0) is 4.79 Å². The number of para-hydroxylation sites is 1. The summed E-state index contributed by atoms with van der Waals surface area (Å²) in [6.07, 6.45) is 0.926. The number of carbonyl (C=O) groups is 1. The van der Waals surface area contributed by atoms with Gasteiger partial charge in [0.2, 0.25) is 5.91 Å². The predicted molar refractivity (Wildman–Crippen MR) is 125 cm³/mol. The minimum Gasteiger partial charge on any atom is -0.494 e. The Morgan fingerprint density at radius 3 is 2.48 bits per heavy atom. The predicted octanol–water partition coefficient (Wildman–Crippen LogP) is 6.76. The lowest BCUT2D eigenvalue weighted by Crippen LogP contribution is -2.14. The summed E-state index contributed by atoms with van der Waals surface area (Å²) in [6.45, 7) is 2.34. The van der Waals surface area contributed by atoms with Gasteiger partial charge in [-0.15, -0.1) is 0 Å². The van der Waals surface area contributed by atoms with E-state index in [1.165, 1.54) is 0 Å². The van der Waals surface area contributed by atoms with Crippen LogP contribution in [0.1, 0.15) is 35.4 Å². The van der Waals surface area contributed by atoms with Gasteiger partial charge >= 0.3 is 0 Å². The van der Waals surface area contributed by atoms with Crippen molar-refractivity contribution in [2.45, 2.75) is 25.7 Å². The Morgan fingerprint density at radius 2 is 1.81 bits per heavy atom. The Morgan fingerprint density at radius 1 is 1.10 bits per heavy atom. The SMILES string of the molecule is Cc1cc(C(C#N)c2ccc(Cl)cc2)c(Cl)cc1NC(=O)CCCOc1ccccc1. The molecule has 3 aromatic rings. The molecule has 0 saturated heterocycles. The van der Waals surface area contributed by atoms with Gasteiger partial charge in [0, 0.05) is 22.2 Å². The summed E-state index contributed by atoms with van der Waals surface area (Å²) in [4.78, 5) is 12.3. The first-order chi connectivity index (χ1) is 15.0. The second-order valence-electron chi connectivity index (χ2n) is 7.12. The Kier molecular flexibility index (Phi) is 7.94. The fourth-order valence-electron chi connectivity index (χ4n) is 3.19. The van der Waals surface area contributed by atoms with E-state index in [1.807, 2.05) is 55.5 Å². The monoisotopic (exact) mass is 452 g/mol. The molecule has 6 heteroatoms. The number of nitrogens with zero attached hydrogens (tertiary/aromatic N) is 1. The zero-order valence-electron chi connectivity index (χ0n) is 17.1. The van der Waals surface area contributed by atoms with Crippen LogP contribution in [0.5, 0.6) is 5.75 Å². The third-order valence-electron chi connectivity index (χ3n) is 4.82. The lowest BCUT2D eigenvalue weighted by molar-refractivity contribution is -0.116. The van der Waals surface area contributed by atoms with Crippen LogP contribution in [0.2, 0.25) is 10.0 Å². The highest BCUT2D eigenvalue weighted by molar-refractivity contribution is 6.32. The Labute approximate surface area is 192 Å². The smallest absolute Gasteiger partial charge is 0.224 e. The summed E-state index contributed by atoms with van der Waals surface area (Å²) >= 11 is 12.4. The maximum atomic E-state index is 12.3. The van der Waals surface area contributed by atoms with Crippen LogP contribution >= 0.6 is 23.2 Å². The van der Waals surface area contributed by atoms with Gasteiger partial charge in [0.05, 0.1) is 18.6 Å². The molecule has 0 aliphatic rings. The van der Waals surface area contributed by atoms with Crippen molar-refractivity contribution in [3.05, 3.63) is 93.5 Å². The van der Waals surface area contributed by atoms with Gasteiger partial charge in [-0.2, -0.15) is 5.26 Å². The molecule has 31 heavy (non-hydrogen) atoms. The number of aryl methyl sites for hydroxylation is 1. The molecule has 0 aliphatic heterocycles. The number of ether oxygens (including phenoxy) is 1. The zero-order chi connectivity index (χ0) is 22.2. The van der Waals surface area contributed by atoms with E-state index in [9.17, 15) is 10.1 Å². The van der Waals surface area contributed by atoms with E-state index in [0.29, 0.717) is 40.7 Å². The fourth-order valence-corrected chi connectivity index (χ4v) is 3.59. The highest BCUT2D eigenvalue weighted by atomic mass is 35.5. The topological polar surface area (TPSA) is 62.1 Å². The normalized spacial score (nSPS) is 11.4. The molecule has 0 bridgehead atoms. The van der Waals surface area contributed by atoms with Crippen molar-refractivity contribution in [1.29, 1.82) is 5.26 Å². The van der Waals surface area contributed by atoms with Crippen molar-refractivity contribution in [2.24, 2.45) is 0 Å². The van der Waals surface area contributed by atoms with Crippen LogP contribution in [-0.4, -0.2) is 12.5 Å². The number of nitrogens with one attached hydrogen (secondary N) is 1. The second kappa shape index (κ2) is 10.9. The molecule has 1 unspecified atom stereocenters. The molecular weight excluding hydrogens is 431 g/mol. The molecule has 0 spiro atoms. The van der Waals surface area contributed by atoms with E-state index in [0.717, 1.165) is 16.9 Å². The number of benzene rings is 3. The third kappa shape index (κ3) is 6.24. The fraction of sp³-hybridized carbons (Fsp3) is 0.200. The van der Waals surface area contributed by atoms with Gasteiger partial charge in [-0.3, -0.25) is 4.79 Å². The summed E-state index contributed by atoms with van der Waals surface area (Å²) in [5.41, 5.74) is 2.97. The standard InChI is InChI=1S/C25H22Cl2N2O2/c1-17-14-21(22(16-28)18-9-11-19(26)12-10-18)23(27)15-24(17)29-25(30)8-5-13-31-20-6-3-2-4-7-20/h2-4,6-7,9-12,14-15,22H,5,8,13H2,1H3,(H,29,30). The average molecular weight is 453 g/mol. The minimum absolute atomic E-state index is 0.113. The molecule has 0 saturated carbocycles. The number of anilines is 1. The summed E-state index contributed by atoms with van der Waals surface area (Å²) < 4.78 is 5.61. The maximum Gasteiger partial charge on any atom is 0.224 e. The number of rotatable bonds is 8. The second-order valence-corrected chi connectivity index (χ2v) is 7.96. The molecule has 0 aromatic heterocycles. The van der Waals surface area contributed by atoms with Crippen molar-refractivity contribution in [3.8, 4) is 11.8 Å². The molecule has 3 rings (SSSR count). The zero-order valence-corrected chi connectivity index (χ0v) is 18.6. The minimum atomic E-state index is -0.525. The Hall–Kier alpha value is -3.00. The maximum absolute atomic E-state index is 12.3. The number of hydrogen-bond donors (Lipinski definition) is 1. The molecule has 158 valence electrons. The van der Waals surface area contributed by atoms with Crippen molar-refractivity contribution in [1.82, 2.24) is 0 Å². The number of nitriles is 1. The van der Waals surface area contributed by atoms with Crippen LogP contribution in [0, 0.1) is 18.3 Å². The average Bonchev–Trinajstić information content (AvgIpc) is 2.77. The summed E-state index contributed by atoms with van der Waals surface area (Å²) in [7, 11) is 0. The summed E-state index contributed by atoms with van der Waals surface area (Å²) in [5, 5.41) is 13.6. The van der Waals surface area contributed by atoms with Gasteiger partial charge in [-0.05, 0) is 60.4 Å². The van der Waals surface area contributed by atoms with E-state index in [-0.39, 0.29) is 5.91 Å². The van der Waals surface area contributed by atoms with Crippen LogP contribution in [0.4, 0.5) is 5.69 Å². The molecule has 0 heterocycles. The molecule has 0 fully saturated rings. The number of carbonyl (C=O) groups excluding carboxylic acids is 1. The highest BCUT2D eigenvalue weighted by Crippen LogP contribution is 2.34. The number of halogens is 2. The quantitative estimate of drug-likeness (QED) is 0.384. The van der Waals surface area contributed by atoms with E-state index in [1.54, 1.807) is 18.2 Å². The lowest BCUT2D eigenvalue weighted by atomic mass is 9.91. The van der Waals surface area contributed by atoms with E-state index in [4.69, 9.17) is 27.9 Å². The van der Waals surface area contributed by atoms with E-state index < -0.39 is 5.92 Å². The first kappa shape index (κ1) is 22.7. The Bertz CT molecular complexity index is 1080. The van der Waals surface area contributed by atoms with Crippen LogP contribution in [0.3, 0.4) is 0 Å². The molecule has 4 nitrogen and oxygen atoms in total.